The van der Waals surface area contributed by atoms with Crippen molar-refractivity contribution in [1.29, 1.82) is 0 Å². The number of benzene rings is 2. The van der Waals surface area contributed by atoms with Crippen LogP contribution in [-0.4, -0.2) is 80.8 Å². The standard InChI is InChI=1S/C34H38N8O5/c1-46-30-21-27(41-15-9-24(10-16-41)40-13-2-3-14-40)28(42(44)45)20-26(30)37-34-35-12-8-25(36-34)33-32(38-31(39-33)5-4-17-43)23-7-6-22-11-18-47-29(22)19-23/h6-8,11-12,18-21,24,43H,2-5,9-10,13-17H2,1H3,(H,38,39)(H,35,36,37). The van der Waals surface area contributed by atoms with E-state index in [1.807, 2.05) is 24.3 Å². The minimum Gasteiger partial charge on any atom is -0.494 e. The highest BCUT2D eigenvalue weighted by atomic mass is 16.6. The van der Waals surface area contributed by atoms with Gasteiger partial charge < -0.3 is 34.4 Å². The number of likely N-dealkylation sites (tertiary alicyclic amines) is 1. The number of piperidine rings is 1. The van der Waals surface area contributed by atoms with Crippen LogP contribution in [0, 0.1) is 10.1 Å². The first-order valence-corrected chi connectivity index (χ1v) is 16.1. The Morgan fingerprint density at radius 1 is 1.11 bits per heavy atom. The maximum atomic E-state index is 12.3. The van der Waals surface area contributed by atoms with Gasteiger partial charge in [0.15, 0.2) is 0 Å². The smallest absolute Gasteiger partial charge is 0.294 e. The molecular formula is C34H38N8O5. The van der Waals surface area contributed by atoms with Gasteiger partial charge in [-0.1, -0.05) is 12.1 Å². The zero-order chi connectivity index (χ0) is 32.3. The Morgan fingerprint density at radius 2 is 1.94 bits per heavy atom. The van der Waals surface area contributed by atoms with E-state index in [1.54, 1.807) is 31.7 Å². The summed E-state index contributed by atoms with van der Waals surface area (Å²) in [6.07, 6.45) is 8.85. The van der Waals surface area contributed by atoms with Crippen LogP contribution in [0.5, 0.6) is 5.75 Å². The molecule has 2 aromatic carbocycles. The molecule has 13 heteroatoms. The van der Waals surface area contributed by atoms with Gasteiger partial charge >= 0.3 is 0 Å². The van der Waals surface area contributed by atoms with E-state index in [-0.39, 0.29) is 23.2 Å². The summed E-state index contributed by atoms with van der Waals surface area (Å²) in [6.45, 7) is 3.85. The molecule has 2 aliphatic heterocycles. The average Bonchev–Trinajstić information content (AvgIpc) is 3.89. The molecule has 7 rings (SSSR count). The molecule has 0 spiro atoms. The summed E-state index contributed by atoms with van der Waals surface area (Å²) >= 11 is 0. The molecule has 0 atom stereocenters. The number of aliphatic hydroxyl groups is 1. The molecule has 3 N–H and O–H groups in total. The molecule has 47 heavy (non-hydrogen) atoms. The van der Waals surface area contributed by atoms with Crippen LogP contribution in [0.4, 0.5) is 23.0 Å². The van der Waals surface area contributed by atoms with E-state index < -0.39 is 0 Å². The second kappa shape index (κ2) is 13.4. The number of nitrogens with zero attached hydrogens (tertiary/aromatic N) is 6. The highest BCUT2D eigenvalue weighted by molar-refractivity contribution is 5.86. The number of anilines is 3. The minimum atomic E-state index is -0.343. The summed E-state index contributed by atoms with van der Waals surface area (Å²) in [7, 11) is 1.55. The van der Waals surface area contributed by atoms with Crippen molar-refractivity contribution >= 4 is 34.0 Å². The van der Waals surface area contributed by atoms with Crippen molar-refractivity contribution in [3.05, 3.63) is 70.9 Å². The average molecular weight is 639 g/mol. The van der Waals surface area contributed by atoms with Crippen LogP contribution in [0.3, 0.4) is 0 Å². The van der Waals surface area contributed by atoms with Crippen LogP contribution in [0.15, 0.2) is 59.3 Å². The number of hydrogen-bond donors (Lipinski definition) is 3. The quantitative estimate of drug-likeness (QED) is 0.116. The fourth-order valence-electron chi connectivity index (χ4n) is 6.76. The monoisotopic (exact) mass is 638 g/mol. The number of ether oxygens (including phenoxy) is 1. The molecule has 0 saturated carbocycles. The third-order valence-corrected chi connectivity index (χ3v) is 9.17. The molecule has 2 fully saturated rings. The van der Waals surface area contributed by atoms with Crippen LogP contribution < -0.4 is 15.0 Å². The Bertz CT molecular complexity index is 1870. The number of furan rings is 1. The molecule has 0 unspecified atom stereocenters. The lowest BCUT2D eigenvalue weighted by Gasteiger charge is -2.37. The maximum Gasteiger partial charge on any atom is 0.294 e. The van der Waals surface area contributed by atoms with E-state index in [0.29, 0.717) is 58.9 Å². The van der Waals surface area contributed by atoms with Crippen molar-refractivity contribution < 1.29 is 19.2 Å². The predicted octanol–water partition coefficient (Wildman–Crippen LogP) is 5.93. The molecule has 3 aromatic heterocycles. The van der Waals surface area contributed by atoms with E-state index in [1.165, 1.54) is 18.9 Å². The van der Waals surface area contributed by atoms with Gasteiger partial charge in [0.05, 0.1) is 41.1 Å². The first-order chi connectivity index (χ1) is 23.0. The molecular weight excluding hydrogens is 600 g/mol. The topological polar surface area (TPSA) is 159 Å². The molecule has 5 aromatic rings. The Labute approximate surface area is 271 Å². The van der Waals surface area contributed by atoms with Gasteiger partial charge in [-0.25, -0.2) is 15.0 Å². The van der Waals surface area contributed by atoms with Crippen molar-refractivity contribution in [2.45, 2.75) is 44.6 Å². The zero-order valence-electron chi connectivity index (χ0n) is 26.3. The predicted molar refractivity (Wildman–Crippen MR) is 179 cm³/mol. The van der Waals surface area contributed by atoms with Gasteiger partial charge in [0.2, 0.25) is 5.95 Å². The first-order valence-electron chi connectivity index (χ1n) is 16.1. The van der Waals surface area contributed by atoms with Crippen LogP contribution in [0.25, 0.3) is 33.6 Å². The van der Waals surface area contributed by atoms with Crippen molar-refractivity contribution in [3.63, 3.8) is 0 Å². The Balaban J connectivity index is 1.18. The lowest BCUT2D eigenvalue weighted by Crippen LogP contribution is -2.44. The Morgan fingerprint density at radius 3 is 2.70 bits per heavy atom. The summed E-state index contributed by atoms with van der Waals surface area (Å²) < 4.78 is 11.4. The van der Waals surface area contributed by atoms with Crippen molar-refractivity contribution in [3.8, 4) is 28.4 Å². The second-order valence-corrected chi connectivity index (χ2v) is 12.1. The normalized spacial score (nSPS) is 15.8. The molecule has 0 radical (unpaired) electrons. The third-order valence-electron chi connectivity index (χ3n) is 9.17. The summed E-state index contributed by atoms with van der Waals surface area (Å²) in [5.74, 6) is 1.42. The van der Waals surface area contributed by atoms with Crippen molar-refractivity contribution in [2.24, 2.45) is 0 Å². The van der Waals surface area contributed by atoms with Crippen LogP contribution in [0.2, 0.25) is 0 Å². The highest BCUT2D eigenvalue weighted by Gasteiger charge is 2.30. The number of aryl methyl sites for hydroxylation is 1. The van der Waals surface area contributed by atoms with Gasteiger partial charge in [-0.3, -0.25) is 10.1 Å². The Kier molecular flexibility index (Phi) is 8.72. The van der Waals surface area contributed by atoms with E-state index in [2.05, 4.69) is 25.1 Å². The van der Waals surface area contributed by atoms with Crippen LogP contribution >= 0.6 is 0 Å². The van der Waals surface area contributed by atoms with E-state index in [9.17, 15) is 15.2 Å². The molecule has 2 saturated heterocycles. The molecule has 13 nitrogen and oxygen atoms in total. The lowest BCUT2D eigenvalue weighted by molar-refractivity contribution is -0.384. The van der Waals surface area contributed by atoms with Crippen LogP contribution in [0.1, 0.15) is 37.9 Å². The number of H-pyrrole nitrogens is 1. The molecule has 5 heterocycles. The molecule has 0 aliphatic carbocycles. The summed E-state index contributed by atoms with van der Waals surface area (Å²) in [5.41, 5.74) is 4.48. The SMILES string of the molecule is COc1cc(N2CCC(N3CCCC3)CC2)c([N+](=O)[O-])cc1Nc1nccc(-c2[nH]c(CCCO)nc2-c2ccc3ccoc3c2)n1. The largest absolute Gasteiger partial charge is 0.494 e. The summed E-state index contributed by atoms with van der Waals surface area (Å²) in [6, 6.07) is 13.4. The number of nitro benzene ring substituents is 1. The van der Waals surface area contributed by atoms with Gasteiger partial charge in [-0.2, -0.15) is 0 Å². The summed E-state index contributed by atoms with van der Waals surface area (Å²) in [4.78, 5) is 34.1. The zero-order valence-corrected chi connectivity index (χ0v) is 26.3. The van der Waals surface area contributed by atoms with Gasteiger partial charge in [0.1, 0.15) is 22.8 Å². The van der Waals surface area contributed by atoms with Crippen molar-refractivity contribution in [2.75, 3.05) is 50.1 Å². The number of fused-ring (bicyclic) bond motifs is 1. The second-order valence-electron chi connectivity index (χ2n) is 12.1. The molecule has 0 amide bonds. The first kappa shape index (κ1) is 30.6. The highest BCUT2D eigenvalue weighted by Crippen LogP contribution is 2.41. The van der Waals surface area contributed by atoms with Gasteiger partial charge in [-0.15, -0.1) is 0 Å². The number of nitro groups is 1. The Hall–Kier alpha value is -5.01. The number of imidazole rings is 1. The molecule has 244 valence electrons. The summed E-state index contributed by atoms with van der Waals surface area (Å²) in [5, 5.41) is 25.9. The van der Waals surface area contributed by atoms with E-state index >= 15 is 0 Å². The number of hydrogen-bond acceptors (Lipinski definition) is 11. The number of methoxy groups -OCH3 is 1. The third kappa shape index (κ3) is 6.36. The fourth-order valence-corrected chi connectivity index (χ4v) is 6.76. The minimum absolute atomic E-state index is 0.00164. The fraction of sp³-hybridized carbons (Fsp3) is 0.382. The number of nitrogens with one attached hydrogen (secondary N) is 2. The molecule has 2 aliphatic rings. The number of aromatic nitrogens is 4. The van der Waals surface area contributed by atoms with Gasteiger partial charge in [0, 0.05) is 61.4 Å². The van der Waals surface area contributed by atoms with E-state index in [4.69, 9.17) is 19.1 Å². The van der Waals surface area contributed by atoms with Gasteiger partial charge in [0.25, 0.3) is 5.69 Å². The number of aliphatic hydroxyl groups excluding tert-OH is 1. The number of aromatic amines is 1. The maximum absolute atomic E-state index is 12.3. The number of rotatable bonds is 11. The lowest BCUT2D eigenvalue weighted by atomic mass is 10.0. The van der Waals surface area contributed by atoms with Crippen molar-refractivity contribution in [1.82, 2.24) is 24.8 Å². The van der Waals surface area contributed by atoms with Gasteiger partial charge in [-0.05, 0) is 63.4 Å². The van der Waals surface area contributed by atoms with Crippen LogP contribution in [-0.2, 0) is 6.42 Å². The van der Waals surface area contributed by atoms with E-state index in [0.717, 1.165) is 55.6 Å². The molecule has 0 bridgehead atoms.